The molecule has 1 fully saturated rings. The third-order valence-corrected chi connectivity index (χ3v) is 3.95. The summed E-state index contributed by atoms with van der Waals surface area (Å²) in [5.41, 5.74) is 2.88. The van der Waals surface area contributed by atoms with E-state index in [0.29, 0.717) is 6.04 Å². The molecule has 1 unspecified atom stereocenters. The zero-order valence-corrected chi connectivity index (χ0v) is 11.8. The van der Waals surface area contributed by atoms with Gasteiger partial charge in [0.25, 0.3) is 0 Å². The van der Waals surface area contributed by atoms with Crippen LogP contribution in [0.15, 0.2) is 24.3 Å². The normalized spacial score (nSPS) is 18.1. The van der Waals surface area contributed by atoms with E-state index in [0.717, 1.165) is 6.54 Å². The maximum atomic E-state index is 3.64. The molecule has 1 saturated heterocycles. The van der Waals surface area contributed by atoms with Crippen LogP contribution in [-0.2, 0) is 0 Å². The Kier molecular flexibility index (Phi) is 5.21. The summed E-state index contributed by atoms with van der Waals surface area (Å²) in [5, 5.41) is 3.64. The second kappa shape index (κ2) is 6.91. The molecular weight excluding hydrogens is 220 g/mol. The lowest BCUT2D eigenvalue weighted by molar-refractivity contribution is 0.311. The van der Waals surface area contributed by atoms with Crippen molar-refractivity contribution in [2.45, 2.75) is 39.2 Å². The molecular formula is C16H26N2. The second-order valence-corrected chi connectivity index (χ2v) is 5.30. The zero-order valence-electron chi connectivity index (χ0n) is 11.8. The molecule has 1 aromatic rings. The highest BCUT2D eigenvalue weighted by Gasteiger charge is 2.16. The zero-order chi connectivity index (χ0) is 12.8. The van der Waals surface area contributed by atoms with Crippen LogP contribution in [0.25, 0.3) is 0 Å². The van der Waals surface area contributed by atoms with Gasteiger partial charge in [-0.15, -0.1) is 0 Å². The molecule has 1 aliphatic heterocycles. The molecule has 0 bridgehead atoms. The lowest BCUT2D eigenvalue weighted by Crippen LogP contribution is -2.28. The first-order valence-corrected chi connectivity index (χ1v) is 7.32. The Bertz CT molecular complexity index is 356. The summed E-state index contributed by atoms with van der Waals surface area (Å²) in [5.74, 6) is 0. The molecule has 1 atom stereocenters. The highest BCUT2D eigenvalue weighted by Crippen LogP contribution is 2.21. The predicted molar refractivity (Wildman–Crippen MR) is 77.9 cm³/mol. The Balaban J connectivity index is 1.96. The van der Waals surface area contributed by atoms with E-state index in [1.165, 1.54) is 50.0 Å². The molecule has 2 heteroatoms. The van der Waals surface area contributed by atoms with Gasteiger partial charge in [-0.25, -0.2) is 0 Å². The maximum Gasteiger partial charge on any atom is 0.0334 e. The molecule has 0 aliphatic carbocycles. The number of aryl methyl sites for hydroxylation is 1. The van der Waals surface area contributed by atoms with Crippen molar-refractivity contribution in [3.8, 4) is 0 Å². The van der Waals surface area contributed by atoms with Gasteiger partial charge in [-0.3, -0.25) is 0 Å². The largest absolute Gasteiger partial charge is 0.310 e. The van der Waals surface area contributed by atoms with Crippen LogP contribution in [0.2, 0.25) is 0 Å². The summed E-state index contributed by atoms with van der Waals surface area (Å²) in [6, 6.07) is 9.28. The molecule has 0 aromatic heterocycles. The minimum Gasteiger partial charge on any atom is -0.310 e. The average molecular weight is 246 g/mol. The van der Waals surface area contributed by atoms with Crippen LogP contribution < -0.4 is 5.32 Å². The summed E-state index contributed by atoms with van der Waals surface area (Å²) >= 11 is 0. The molecule has 2 rings (SSSR count). The van der Waals surface area contributed by atoms with Crippen LogP contribution in [0.1, 0.15) is 43.4 Å². The first kappa shape index (κ1) is 13.6. The minimum atomic E-state index is 0.511. The smallest absolute Gasteiger partial charge is 0.0334 e. The molecule has 0 radical (unpaired) electrons. The van der Waals surface area contributed by atoms with Gasteiger partial charge in [0.2, 0.25) is 0 Å². The Labute approximate surface area is 111 Å². The third kappa shape index (κ3) is 3.56. The summed E-state index contributed by atoms with van der Waals surface area (Å²) in [7, 11) is 0. The van der Waals surface area contributed by atoms with Crippen molar-refractivity contribution >= 4 is 0 Å². The minimum absolute atomic E-state index is 0.511. The fraction of sp³-hybridized carbons (Fsp3) is 0.625. The number of likely N-dealkylation sites (tertiary alicyclic amines) is 1. The van der Waals surface area contributed by atoms with Gasteiger partial charge < -0.3 is 10.2 Å². The van der Waals surface area contributed by atoms with E-state index < -0.39 is 0 Å². The summed E-state index contributed by atoms with van der Waals surface area (Å²) in [6.45, 7) is 9.28. The standard InChI is InChI=1S/C16H26N2/c1-3-17-16(10-13-18-11-6-7-12-18)15-9-5-4-8-14(15)2/h4-5,8-9,16-17H,3,6-7,10-13H2,1-2H3. The molecule has 1 aromatic carbocycles. The van der Waals surface area contributed by atoms with E-state index in [4.69, 9.17) is 0 Å². The fourth-order valence-electron chi connectivity index (χ4n) is 2.91. The van der Waals surface area contributed by atoms with E-state index in [9.17, 15) is 0 Å². The monoisotopic (exact) mass is 246 g/mol. The van der Waals surface area contributed by atoms with E-state index in [-0.39, 0.29) is 0 Å². The average Bonchev–Trinajstić information content (AvgIpc) is 2.88. The van der Waals surface area contributed by atoms with E-state index in [2.05, 4.69) is 48.3 Å². The highest BCUT2D eigenvalue weighted by molar-refractivity contribution is 5.28. The van der Waals surface area contributed by atoms with Crippen molar-refractivity contribution in [3.05, 3.63) is 35.4 Å². The Morgan fingerprint density at radius 3 is 2.61 bits per heavy atom. The predicted octanol–water partition coefficient (Wildman–Crippen LogP) is 3.13. The Hall–Kier alpha value is -0.860. The lowest BCUT2D eigenvalue weighted by Gasteiger charge is -2.23. The number of hydrogen-bond acceptors (Lipinski definition) is 2. The van der Waals surface area contributed by atoms with E-state index >= 15 is 0 Å². The van der Waals surface area contributed by atoms with E-state index in [1.807, 2.05) is 0 Å². The van der Waals surface area contributed by atoms with Crippen molar-refractivity contribution in [1.29, 1.82) is 0 Å². The third-order valence-electron chi connectivity index (χ3n) is 3.95. The van der Waals surface area contributed by atoms with Crippen LogP contribution in [0, 0.1) is 6.92 Å². The fourth-order valence-corrected chi connectivity index (χ4v) is 2.91. The van der Waals surface area contributed by atoms with Crippen molar-refractivity contribution in [2.75, 3.05) is 26.2 Å². The van der Waals surface area contributed by atoms with Gasteiger partial charge in [0, 0.05) is 6.04 Å². The van der Waals surface area contributed by atoms with Crippen molar-refractivity contribution in [3.63, 3.8) is 0 Å². The number of hydrogen-bond donors (Lipinski definition) is 1. The molecule has 100 valence electrons. The van der Waals surface area contributed by atoms with Crippen molar-refractivity contribution < 1.29 is 0 Å². The molecule has 18 heavy (non-hydrogen) atoms. The van der Waals surface area contributed by atoms with Gasteiger partial charge in [-0.2, -0.15) is 0 Å². The molecule has 1 aliphatic rings. The van der Waals surface area contributed by atoms with Gasteiger partial charge in [0.1, 0.15) is 0 Å². The SMILES string of the molecule is CCNC(CCN1CCCC1)c1ccccc1C. The molecule has 0 amide bonds. The highest BCUT2D eigenvalue weighted by atomic mass is 15.1. The first-order chi connectivity index (χ1) is 8.81. The number of nitrogens with one attached hydrogen (secondary N) is 1. The molecule has 2 nitrogen and oxygen atoms in total. The number of rotatable bonds is 6. The topological polar surface area (TPSA) is 15.3 Å². The molecule has 1 N–H and O–H groups in total. The van der Waals surface area contributed by atoms with Crippen LogP contribution in [0.5, 0.6) is 0 Å². The van der Waals surface area contributed by atoms with Crippen LogP contribution in [0.3, 0.4) is 0 Å². The van der Waals surface area contributed by atoms with Gasteiger partial charge in [-0.1, -0.05) is 31.2 Å². The second-order valence-electron chi connectivity index (χ2n) is 5.30. The number of nitrogens with zero attached hydrogens (tertiary/aromatic N) is 1. The summed E-state index contributed by atoms with van der Waals surface area (Å²) in [6.07, 6.45) is 3.99. The van der Waals surface area contributed by atoms with Crippen LogP contribution in [0.4, 0.5) is 0 Å². The Morgan fingerprint density at radius 2 is 1.94 bits per heavy atom. The molecule has 0 saturated carbocycles. The summed E-state index contributed by atoms with van der Waals surface area (Å²) in [4.78, 5) is 2.60. The molecule has 0 spiro atoms. The van der Waals surface area contributed by atoms with Gasteiger partial charge >= 0.3 is 0 Å². The van der Waals surface area contributed by atoms with Gasteiger partial charge in [0.15, 0.2) is 0 Å². The van der Waals surface area contributed by atoms with E-state index in [1.54, 1.807) is 0 Å². The van der Waals surface area contributed by atoms with Crippen LogP contribution in [-0.4, -0.2) is 31.1 Å². The van der Waals surface area contributed by atoms with Crippen LogP contribution >= 0.6 is 0 Å². The van der Waals surface area contributed by atoms with Gasteiger partial charge in [-0.05, 0) is 63.5 Å². The summed E-state index contributed by atoms with van der Waals surface area (Å²) < 4.78 is 0. The first-order valence-electron chi connectivity index (χ1n) is 7.32. The van der Waals surface area contributed by atoms with Gasteiger partial charge in [0.05, 0.1) is 0 Å². The Morgan fingerprint density at radius 1 is 1.22 bits per heavy atom. The quantitative estimate of drug-likeness (QED) is 0.829. The molecule has 1 heterocycles. The lowest BCUT2D eigenvalue weighted by atomic mass is 9.98. The maximum absolute atomic E-state index is 3.64. The number of benzene rings is 1. The van der Waals surface area contributed by atoms with Crippen molar-refractivity contribution in [1.82, 2.24) is 10.2 Å². The van der Waals surface area contributed by atoms with Crippen molar-refractivity contribution in [2.24, 2.45) is 0 Å².